The molecule has 0 spiro atoms. The van der Waals surface area contributed by atoms with E-state index in [1.807, 2.05) is 25.1 Å². The van der Waals surface area contributed by atoms with Gasteiger partial charge in [-0.2, -0.15) is 0 Å². The average Bonchev–Trinajstić information content (AvgIpc) is 2.67. The molecule has 0 aromatic heterocycles. The molecule has 0 fully saturated rings. The van der Waals surface area contributed by atoms with Gasteiger partial charge in [-0.15, -0.1) is 0 Å². The zero-order valence-corrected chi connectivity index (χ0v) is 15.2. The van der Waals surface area contributed by atoms with Crippen LogP contribution in [-0.4, -0.2) is 70.7 Å². The second-order valence-electron chi connectivity index (χ2n) is 4.63. The van der Waals surface area contributed by atoms with Crippen LogP contribution >= 0.6 is 0 Å². The minimum atomic E-state index is -0.667. The Labute approximate surface area is 153 Å². The summed E-state index contributed by atoms with van der Waals surface area (Å²) in [5.41, 5.74) is 0.655. The van der Waals surface area contributed by atoms with Gasteiger partial charge in [0.05, 0.1) is 33.0 Å². The van der Waals surface area contributed by atoms with Gasteiger partial charge >= 0.3 is 0 Å². The summed E-state index contributed by atoms with van der Waals surface area (Å²) in [5, 5.41) is 52.0. The topological polar surface area (TPSA) is 183 Å². The molecular formula is C17H30N2O7. The van der Waals surface area contributed by atoms with Gasteiger partial charge in [-0.25, -0.2) is 20.4 Å². The molecule has 0 amide bonds. The number of aliphatic hydroxyl groups is 5. The molecule has 7 N–H and O–H groups in total. The smallest absolute Gasteiger partial charge is 0.231 e. The van der Waals surface area contributed by atoms with Crippen LogP contribution in [0.15, 0.2) is 30.3 Å². The number of aliphatic hydroxyl groups excluding tert-OH is 5. The van der Waals surface area contributed by atoms with Crippen LogP contribution in [-0.2, 0) is 9.59 Å². The Morgan fingerprint density at radius 1 is 0.846 bits per heavy atom. The Bertz CT molecular complexity index is 408. The van der Waals surface area contributed by atoms with Gasteiger partial charge in [0.1, 0.15) is 0 Å². The predicted molar refractivity (Wildman–Crippen MR) is 96.2 cm³/mol. The van der Waals surface area contributed by atoms with Crippen LogP contribution in [0.25, 0.3) is 0 Å². The monoisotopic (exact) mass is 374 g/mol. The highest BCUT2D eigenvalue weighted by molar-refractivity contribution is 5.26. The third kappa shape index (κ3) is 26.7. The van der Waals surface area contributed by atoms with E-state index in [0.717, 1.165) is 12.2 Å². The maximum Gasteiger partial charge on any atom is 0.231 e. The van der Waals surface area contributed by atoms with Crippen LogP contribution in [0.3, 0.4) is 0 Å². The molecule has 9 heteroatoms. The summed E-state index contributed by atoms with van der Waals surface area (Å²) in [5.74, 6) is 0. The van der Waals surface area contributed by atoms with E-state index in [1.165, 1.54) is 5.56 Å². The zero-order chi connectivity index (χ0) is 21.3. The molecule has 0 aliphatic rings. The lowest BCUT2D eigenvalue weighted by Crippen LogP contribution is -2.32. The Balaban J connectivity index is -0.000000126. The normalized spacial score (nSPS) is 8.27. The number of benzene rings is 1. The van der Waals surface area contributed by atoms with E-state index >= 15 is 0 Å². The van der Waals surface area contributed by atoms with Gasteiger partial charge in [-0.05, 0) is 13.3 Å². The minimum absolute atomic E-state index is 0.125. The van der Waals surface area contributed by atoms with Crippen molar-refractivity contribution in [3.05, 3.63) is 35.9 Å². The fourth-order valence-electron chi connectivity index (χ4n) is 1.02. The molecule has 0 bridgehead atoms. The van der Waals surface area contributed by atoms with Crippen molar-refractivity contribution in [3.63, 3.8) is 0 Å². The van der Waals surface area contributed by atoms with Crippen molar-refractivity contribution < 1.29 is 35.1 Å². The SMILES string of the molecule is CCC(CO)(CO)CO.Cc1ccccc1.N=C=O.N=C=O.OCCO. The first-order valence-electron chi connectivity index (χ1n) is 7.52. The summed E-state index contributed by atoms with van der Waals surface area (Å²) in [7, 11) is 0. The standard InChI is InChI=1S/C7H8.C6H14O3.C2H6O2.2CHNO/c1-7-5-3-2-4-6-7;1-2-6(3-7,4-8)5-9;3-1-2-4;2*2-1-3/h2-6H,1H3;7-9H,2-5H2,1H3;3-4H,1-2H2;2*2H. The van der Waals surface area contributed by atoms with Gasteiger partial charge < -0.3 is 25.5 Å². The molecule has 0 atom stereocenters. The van der Waals surface area contributed by atoms with E-state index in [0.29, 0.717) is 6.42 Å². The second-order valence-corrected chi connectivity index (χ2v) is 4.63. The molecule has 26 heavy (non-hydrogen) atoms. The largest absolute Gasteiger partial charge is 0.396 e. The van der Waals surface area contributed by atoms with E-state index in [-0.39, 0.29) is 33.0 Å². The predicted octanol–water partition coefficient (Wildman–Crippen LogP) is 0.128. The van der Waals surface area contributed by atoms with Crippen molar-refractivity contribution in [2.24, 2.45) is 5.41 Å². The highest BCUT2D eigenvalue weighted by Crippen LogP contribution is 2.18. The maximum atomic E-state index is 8.66. The molecule has 1 aromatic carbocycles. The van der Waals surface area contributed by atoms with E-state index in [2.05, 4.69) is 19.1 Å². The average molecular weight is 374 g/mol. The van der Waals surface area contributed by atoms with Crippen LogP contribution in [0.2, 0.25) is 0 Å². The molecule has 0 aliphatic carbocycles. The van der Waals surface area contributed by atoms with Crippen LogP contribution in [0, 0.1) is 23.2 Å². The first kappa shape index (κ1) is 31.5. The van der Waals surface area contributed by atoms with Crippen LogP contribution < -0.4 is 0 Å². The Morgan fingerprint density at radius 3 is 1.23 bits per heavy atom. The molecule has 0 heterocycles. The molecule has 0 saturated carbocycles. The maximum absolute atomic E-state index is 8.66. The second kappa shape index (κ2) is 27.6. The summed E-state index contributed by atoms with van der Waals surface area (Å²) in [4.78, 5) is 16.7. The van der Waals surface area contributed by atoms with Gasteiger partial charge in [0.2, 0.25) is 12.2 Å². The first-order chi connectivity index (χ1) is 12.4. The van der Waals surface area contributed by atoms with Gasteiger partial charge in [0, 0.05) is 5.41 Å². The van der Waals surface area contributed by atoms with E-state index in [9.17, 15) is 0 Å². The summed E-state index contributed by atoms with van der Waals surface area (Å²) in [6.07, 6.45) is 2.09. The molecule has 150 valence electrons. The highest BCUT2D eigenvalue weighted by Gasteiger charge is 2.24. The molecule has 0 aliphatic heterocycles. The van der Waals surface area contributed by atoms with Crippen molar-refractivity contribution in [1.29, 1.82) is 10.8 Å². The summed E-state index contributed by atoms with van der Waals surface area (Å²) < 4.78 is 0. The number of hydrogen-bond donors (Lipinski definition) is 7. The van der Waals surface area contributed by atoms with Crippen molar-refractivity contribution in [2.75, 3.05) is 33.0 Å². The Kier molecular flexibility index (Phi) is 33.5. The number of nitrogens with one attached hydrogen (secondary N) is 2. The number of rotatable bonds is 5. The Morgan fingerprint density at radius 2 is 1.15 bits per heavy atom. The Hall–Kier alpha value is -2.22. The van der Waals surface area contributed by atoms with Gasteiger partial charge in [0.25, 0.3) is 0 Å². The lowest BCUT2D eigenvalue weighted by molar-refractivity contribution is 0.00304. The number of carbonyl (C=O) groups excluding carboxylic acids is 2. The molecule has 1 aromatic rings. The molecule has 1 rings (SSSR count). The molecule has 0 unspecified atom stereocenters. The molecule has 9 nitrogen and oxygen atoms in total. The highest BCUT2D eigenvalue weighted by atomic mass is 16.3. The van der Waals surface area contributed by atoms with Crippen molar-refractivity contribution >= 4 is 12.2 Å². The third-order valence-corrected chi connectivity index (χ3v) is 2.80. The number of aryl methyl sites for hydroxylation is 1. The quantitative estimate of drug-likeness (QED) is 0.282. The van der Waals surface area contributed by atoms with Crippen LogP contribution in [0.1, 0.15) is 18.9 Å². The van der Waals surface area contributed by atoms with Gasteiger partial charge in [-0.3, -0.25) is 0 Å². The van der Waals surface area contributed by atoms with E-state index in [4.69, 9.17) is 45.9 Å². The molecular weight excluding hydrogens is 344 g/mol. The summed E-state index contributed by atoms with van der Waals surface area (Å²) in [6.45, 7) is 3.19. The van der Waals surface area contributed by atoms with Crippen LogP contribution in [0.5, 0.6) is 0 Å². The van der Waals surface area contributed by atoms with Crippen molar-refractivity contribution in [1.82, 2.24) is 0 Å². The fourth-order valence-corrected chi connectivity index (χ4v) is 1.02. The minimum Gasteiger partial charge on any atom is -0.396 e. The summed E-state index contributed by atoms with van der Waals surface area (Å²) >= 11 is 0. The zero-order valence-electron chi connectivity index (χ0n) is 15.2. The molecule has 0 saturated heterocycles. The first-order valence-corrected chi connectivity index (χ1v) is 7.52. The van der Waals surface area contributed by atoms with E-state index < -0.39 is 5.41 Å². The molecule has 0 radical (unpaired) electrons. The number of hydrogen-bond acceptors (Lipinski definition) is 9. The number of isocyanates is 2. The van der Waals surface area contributed by atoms with Crippen molar-refractivity contribution in [2.45, 2.75) is 20.3 Å². The summed E-state index contributed by atoms with van der Waals surface area (Å²) in [6, 6.07) is 10.3. The third-order valence-electron chi connectivity index (χ3n) is 2.80. The fraction of sp³-hybridized carbons (Fsp3) is 0.529. The van der Waals surface area contributed by atoms with Crippen molar-refractivity contribution in [3.8, 4) is 0 Å². The van der Waals surface area contributed by atoms with Crippen LogP contribution in [0.4, 0.5) is 0 Å². The van der Waals surface area contributed by atoms with E-state index in [1.54, 1.807) is 0 Å². The lowest BCUT2D eigenvalue weighted by Gasteiger charge is -2.24. The van der Waals surface area contributed by atoms with Gasteiger partial charge in [0.15, 0.2) is 0 Å². The van der Waals surface area contributed by atoms with Gasteiger partial charge in [-0.1, -0.05) is 42.8 Å². The lowest BCUT2D eigenvalue weighted by atomic mass is 9.88.